The van der Waals surface area contributed by atoms with Gasteiger partial charge in [-0.15, -0.1) is 11.6 Å². The van der Waals surface area contributed by atoms with Crippen molar-refractivity contribution in [1.29, 1.82) is 0 Å². The van der Waals surface area contributed by atoms with E-state index in [1.807, 2.05) is 0 Å². The van der Waals surface area contributed by atoms with Gasteiger partial charge in [0, 0.05) is 11.8 Å². The van der Waals surface area contributed by atoms with E-state index in [1.54, 1.807) is 6.08 Å². The summed E-state index contributed by atoms with van der Waals surface area (Å²) in [5.41, 5.74) is -1.78. The Hall–Kier alpha value is -0.870. The number of Topliss-reactive ketones (excluding diaryl/α,β-unsaturated/α-hetero) is 1. The van der Waals surface area contributed by atoms with E-state index in [9.17, 15) is 14.7 Å². The molecule has 1 saturated heterocycles. The van der Waals surface area contributed by atoms with E-state index in [2.05, 4.69) is 0 Å². The zero-order valence-corrected chi connectivity index (χ0v) is 10.3. The van der Waals surface area contributed by atoms with Crippen LogP contribution in [0.3, 0.4) is 0 Å². The van der Waals surface area contributed by atoms with E-state index >= 15 is 0 Å². The number of hydrogen-bond donors (Lipinski definition) is 1. The highest BCUT2D eigenvalue weighted by Crippen LogP contribution is 2.43. The summed E-state index contributed by atoms with van der Waals surface area (Å²) in [4.78, 5) is 23.3. The fourth-order valence-corrected chi connectivity index (χ4v) is 2.95. The van der Waals surface area contributed by atoms with Crippen molar-refractivity contribution in [1.82, 2.24) is 0 Å². The lowest BCUT2D eigenvalue weighted by Crippen LogP contribution is -2.61. The molecule has 0 saturated carbocycles. The molecule has 3 aliphatic rings. The van der Waals surface area contributed by atoms with Crippen LogP contribution in [0.5, 0.6) is 0 Å². The van der Waals surface area contributed by atoms with E-state index in [0.29, 0.717) is 12.3 Å². The van der Waals surface area contributed by atoms with Gasteiger partial charge in [-0.2, -0.15) is 0 Å². The summed E-state index contributed by atoms with van der Waals surface area (Å²) in [5, 5.41) is 10.3. The maximum Gasteiger partial charge on any atom is 0.343 e. The minimum Gasteiger partial charge on any atom is -0.455 e. The van der Waals surface area contributed by atoms with Crippen LogP contribution in [0.2, 0.25) is 0 Å². The number of carbonyl (C=O) groups excluding carboxylic acids is 2. The van der Waals surface area contributed by atoms with Crippen LogP contribution in [-0.2, 0) is 14.3 Å². The van der Waals surface area contributed by atoms with Gasteiger partial charge in [0.25, 0.3) is 0 Å². The monoisotopic (exact) mass is 258 g/mol. The second-order valence-corrected chi connectivity index (χ2v) is 5.02. The van der Waals surface area contributed by atoms with Crippen LogP contribution in [0.1, 0.15) is 19.8 Å². The topological polar surface area (TPSA) is 63.6 Å². The van der Waals surface area contributed by atoms with Crippen LogP contribution in [-0.4, -0.2) is 34.4 Å². The molecule has 0 radical (unpaired) electrons. The Kier molecular flexibility index (Phi) is 3.27. The molecule has 0 aromatic heterocycles. The summed E-state index contributed by atoms with van der Waals surface area (Å²) >= 11 is 5.64. The number of hydrogen-bond acceptors (Lipinski definition) is 4. The molecular weight excluding hydrogens is 244 g/mol. The number of esters is 1. The van der Waals surface area contributed by atoms with Gasteiger partial charge >= 0.3 is 5.97 Å². The van der Waals surface area contributed by atoms with Crippen molar-refractivity contribution in [3.63, 3.8) is 0 Å². The van der Waals surface area contributed by atoms with Crippen LogP contribution in [0.15, 0.2) is 12.2 Å². The lowest BCUT2D eigenvalue weighted by molar-refractivity contribution is -0.196. The van der Waals surface area contributed by atoms with Gasteiger partial charge in [0.1, 0.15) is 11.9 Å². The van der Waals surface area contributed by atoms with Crippen molar-refractivity contribution in [3.05, 3.63) is 12.2 Å². The fraction of sp³-hybridized carbons (Fsp3) is 0.667. The van der Waals surface area contributed by atoms with Crippen LogP contribution >= 0.6 is 11.6 Å². The quantitative estimate of drug-likeness (QED) is 0.465. The average Bonchev–Trinajstić information content (AvgIpc) is 2.27. The van der Waals surface area contributed by atoms with Crippen molar-refractivity contribution in [2.24, 2.45) is 11.8 Å². The maximum atomic E-state index is 11.7. The Labute approximate surface area is 105 Å². The molecule has 2 heterocycles. The molecule has 1 fully saturated rings. The van der Waals surface area contributed by atoms with E-state index < -0.39 is 23.6 Å². The zero-order chi connectivity index (χ0) is 12.6. The third-order valence-corrected chi connectivity index (χ3v) is 3.81. The second kappa shape index (κ2) is 4.42. The molecule has 0 amide bonds. The molecule has 1 N–H and O–H groups in total. The first-order chi connectivity index (χ1) is 8.00. The first-order valence-electron chi connectivity index (χ1n) is 5.70. The number of halogens is 1. The summed E-state index contributed by atoms with van der Waals surface area (Å²) in [5.74, 6) is -1.28. The van der Waals surface area contributed by atoms with Crippen LogP contribution in [0, 0.1) is 11.8 Å². The number of ether oxygens (including phenoxy) is 1. The van der Waals surface area contributed by atoms with Gasteiger partial charge < -0.3 is 9.84 Å². The summed E-state index contributed by atoms with van der Waals surface area (Å²) in [6.07, 6.45) is 4.05. The number of carbonyl (C=O) groups is 2. The Bertz CT molecular complexity index is 379. The highest BCUT2D eigenvalue weighted by atomic mass is 35.5. The van der Waals surface area contributed by atoms with Crippen molar-refractivity contribution in [3.8, 4) is 0 Å². The number of aliphatic hydroxyl groups is 1. The predicted octanol–water partition coefficient (Wildman–Crippen LogP) is 1.05. The first kappa shape index (κ1) is 12.6. The van der Waals surface area contributed by atoms with Gasteiger partial charge in [-0.25, -0.2) is 4.79 Å². The molecule has 3 rings (SSSR count). The fourth-order valence-electron chi connectivity index (χ4n) is 2.80. The van der Waals surface area contributed by atoms with Crippen LogP contribution in [0.25, 0.3) is 0 Å². The number of rotatable bonds is 4. The molecule has 2 bridgehead atoms. The number of ketones is 1. The van der Waals surface area contributed by atoms with Crippen molar-refractivity contribution < 1.29 is 19.4 Å². The molecule has 4 nitrogen and oxygen atoms in total. The lowest BCUT2D eigenvalue weighted by Gasteiger charge is -2.47. The van der Waals surface area contributed by atoms with Gasteiger partial charge in [-0.3, -0.25) is 4.79 Å². The molecule has 2 aliphatic heterocycles. The highest BCUT2D eigenvalue weighted by Gasteiger charge is 2.58. The summed E-state index contributed by atoms with van der Waals surface area (Å²) in [7, 11) is 0. The van der Waals surface area contributed by atoms with E-state index in [4.69, 9.17) is 16.3 Å². The average molecular weight is 259 g/mol. The van der Waals surface area contributed by atoms with E-state index in [1.165, 1.54) is 13.0 Å². The van der Waals surface area contributed by atoms with E-state index in [-0.39, 0.29) is 11.7 Å². The van der Waals surface area contributed by atoms with Gasteiger partial charge in [-0.1, -0.05) is 0 Å². The highest BCUT2D eigenvalue weighted by molar-refractivity contribution is 6.17. The molecule has 94 valence electrons. The minimum atomic E-state index is -1.78. The largest absolute Gasteiger partial charge is 0.455 e. The van der Waals surface area contributed by atoms with Crippen LogP contribution in [0.4, 0.5) is 0 Å². The molecule has 0 spiro atoms. The third kappa shape index (κ3) is 1.89. The molecule has 5 heteroatoms. The van der Waals surface area contributed by atoms with Crippen LogP contribution < -0.4 is 0 Å². The summed E-state index contributed by atoms with van der Waals surface area (Å²) < 4.78 is 5.11. The SMILES string of the molecule is CC(=O)C1C(CCCCl)C2C=CC1(O)C(=O)O2. The standard InChI is InChI=1S/C12H15ClO4/c1-7(14)10-8(3-2-6-13)9-4-5-12(10,16)11(15)17-9/h4-5,8-10,16H,2-3,6H2,1H3. The third-order valence-electron chi connectivity index (χ3n) is 3.54. The van der Waals surface area contributed by atoms with Gasteiger partial charge in [0.15, 0.2) is 5.60 Å². The molecule has 0 aromatic carbocycles. The lowest BCUT2D eigenvalue weighted by atomic mass is 9.66. The normalized spacial score (nSPS) is 39.2. The Morgan fingerprint density at radius 1 is 1.65 bits per heavy atom. The summed E-state index contributed by atoms with van der Waals surface area (Å²) in [6.45, 7) is 1.40. The predicted molar refractivity (Wildman–Crippen MR) is 61.6 cm³/mol. The smallest absolute Gasteiger partial charge is 0.343 e. The number of alkyl halides is 1. The van der Waals surface area contributed by atoms with Crippen molar-refractivity contribution in [2.45, 2.75) is 31.5 Å². The van der Waals surface area contributed by atoms with Gasteiger partial charge in [-0.05, 0) is 31.9 Å². The Morgan fingerprint density at radius 3 is 2.88 bits per heavy atom. The molecule has 17 heavy (non-hydrogen) atoms. The van der Waals surface area contributed by atoms with E-state index in [0.717, 1.165) is 6.42 Å². The first-order valence-corrected chi connectivity index (χ1v) is 6.23. The molecule has 4 unspecified atom stereocenters. The maximum absolute atomic E-state index is 11.7. The Morgan fingerprint density at radius 2 is 2.35 bits per heavy atom. The molecule has 1 aliphatic carbocycles. The minimum absolute atomic E-state index is 0.168. The second-order valence-electron chi connectivity index (χ2n) is 4.64. The van der Waals surface area contributed by atoms with Crippen molar-refractivity contribution >= 4 is 23.4 Å². The van der Waals surface area contributed by atoms with Crippen molar-refractivity contribution in [2.75, 3.05) is 5.88 Å². The molecule has 4 atom stereocenters. The summed E-state index contributed by atoms with van der Waals surface area (Å²) in [6, 6.07) is 0. The van der Waals surface area contributed by atoms with Gasteiger partial charge in [0.05, 0.1) is 5.92 Å². The molecule has 0 aromatic rings. The number of fused-ring (bicyclic) bond motifs is 2. The Balaban J connectivity index is 2.32. The zero-order valence-electron chi connectivity index (χ0n) is 9.56. The molecular formula is C12H15ClO4. The van der Waals surface area contributed by atoms with Gasteiger partial charge in [0.2, 0.25) is 0 Å².